The van der Waals surface area contributed by atoms with Crippen LogP contribution in [0.5, 0.6) is 0 Å². The van der Waals surface area contributed by atoms with Crippen molar-refractivity contribution >= 4 is 69.1 Å². The van der Waals surface area contributed by atoms with Crippen molar-refractivity contribution in [1.29, 1.82) is 0 Å². The third-order valence-electron chi connectivity index (χ3n) is 4.11. The highest BCUT2D eigenvalue weighted by Crippen LogP contribution is 2.50. The van der Waals surface area contributed by atoms with Gasteiger partial charge in [-0.3, -0.25) is 0 Å². The van der Waals surface area contributed by atoms with Crippen LogP contribution in [-0.4, -0.2) is 20.4 Å². The molecule has 0 spiro atoms. The standard InChI is InChI=1S/C18H18Cl4N4S2/c1-3-5-7-9-23-25-17(27-9)11-13(19)15(21)12(16(22)14(11)20)18-26-24-10(28-18)8-6-4-2/h3-8H2,1-2H3. The maximum atomic E-state index is 6.58. The van der Waals surface area contributed by atoms with E-state index in [1.54, 1.807) is 0 Å². The van der Waals surface area contributed by atoms with E-state index in [0.29, 0.717) is 41.2 Å². The molecule has 0 radical (unpaired) electrons. The number of aromatic nitrogens is 4. The van der Waals surface area contributed by atoms with Crippen molar-refractivity contribution in [1.82, 2.24) is 20.4 Å². The van der Waals surface area contributed by atoms with Gasteiger partial charge >= 0.3 is 0 Å². The molecule has 150 valence electrons. The van der Waals surface area contributed by atoms with Gasteiger partial charge in [-0.1, -0.05) is 95.8 Å². The minimum absolute atomic E-state index is 0.301. The number of nitrogens with zero attached hydrogens (tertiary/aromatic N) is 4. The Balaban J connectivity index is 2.02. The van der Waals surface area contributed by atoms with Crippen molar-refractivity contribution in [3.8, 4) is 21.1 Å². The monoisotopic (exact) mass is 494 g/mol. The number of aryl methyl sites for hydroxylation is 2. The molecule has 0 amide bonds. The summed E-state index contributed by atoms with van der Waals surface area (Å²) in [5, 5.41) is 21.2. The molecule has 1 aromatic carbocycles. The maximum absolute atomic E-state index is 6.58. The van der Waals surface area contributed by atoms with E-state index in [9.17, 15) is 0 Å². The molecule has 4 nitrogen and oxygen atoms in total. The second-order valence-electron chi connectivity index (χ2n) is 6.21. The van der Waals surface area contributed by atoms with Crippen molar-refractivity contribution in [2.24, 2.45) is 0 Å². The van der Waals surface area contributed by atoms with Crippen LogP contribution in [0.4, 0.5) is 0 Å². The lowest BCUT2D eigenvalue weighted by molar-refractivity contribution is 0.780. The van der Waals surface area contributed by atoms with E-state index in [-0.39, 0.29) is 0 Å². The largest absolute Gasteiger partial charge is 0.150 e. The molecule has 0 aliphatic rings. The van der Waals surface area contributed by atoms with Gasteiger partial charge in [-0.2, -0.15) is 0 Å². The van der Waals surface area contributed by atoms with Gasteiger partial charge in [-0.15, -0.1) is 20.4 Å². The predicted molar refractivity (Wildman–Crippen MR) is 122 cm³/mol. The lowest BCUT2D eigenvalue weighted by Gasteiger charge is -2.12. The van der Waals surface area contributed by atoms with Gasteiger partial charge in [0, 0.05) is 12.8 Å². The van der Waals surface area contributed by atoms with Crippen LogP contribution in [0, 0.1) is 0 Å². The Labute approximate surface area is 192 Å². The van der Waals surface area contributed by atoms with E-state index >= 15 is 0 Å². The Hall–Kier alpha value is -0.500. The molecule has 3 rings (SSSR count). The summed E-state index contributed by atoms with van der Waals surface area (Å²) in [4.78, 5) is 0. The summed E-state index contributed by atoms with van der Waals surface area (Å²) in [7, 11) is 0. The lowest BCUT2D eigenvalue weighted by Crippen LogP contribution is -1.90. The van der Waals surface area contributed by atoms with Crippen LogP contribution in [-0.2, 0) is 12.8 Å². The molecule has 3 aromatic rings. The molecule has 0 fully saturated rings. The number of unbranched alkanes of at least 4 members (excludes halogenated alkanes) is 2. The molecule has 0 aliphatic carbocycles. The fourth-order valence-electron chi connectivity index (χ4n) is 2.57. The smallest absolute Gasteiger partial charge is 0.143 e. The summed E-state index contributed by atoms with van der Waals surface area (Å²) in [5.41, 5.74) is 1.02. The molecule has 28 heavy (non-hydrogen) atoms. The van der Waals surface area contributed by atoms with Gasteiger partial charge < -0.3 is 0 Å². The second-order valence-corrected chi connectivity index (χ2v) is 9.85. The average Bonchev–Trinajstić information content (AvgIpc) is 3.33. The van der Waals surface area contributed by atoms with Gasteiger partial charge in [0.1, 0.15) is 10.0 Å². The Morgan fingerprint density at radius 2 is 0.964 bits per heavy atom. The van der Waals surface area contributed by atoms with Gasteiger partial charge in [-0.25, -0.2) is 0 Å². The zero-order valence-corrected chi connectivity index (χ0v) is 20.0. The van der Waals surface area contributed by atoms with Crippen molar-refractivity contribution < 1.29 is 0 Å². The molecule has 0 N–H and O–H groups in total. The van der Waals surface area contributed by atoms with Crippen LogP contribution in [0.15, 0.2) is 0 Å². The summed E-state index contributed by atoms with van der Waals surface area (Å²) in [6, 6.07) is 0. The SMILES string of the molecule is CCCCc1nnc(-c2c(Cl)c(Cl)c(-c3nnc(CCCC)s3)c(Cl)c2Cl)s1. The van der Waals surface area contributed by atoms with Crippen LogP contribution in [0.1, 0.15) is 49.5 Å². The van der Waals surface area contributed by atoms with E-state index in [1.807, 2.05) is 0 Å². The molecule has 0 bridgehead atoms. The van der Waals surface area contributed by atoms with E-state index in [4.69, 9.17) is 46.4 Å². The van der Waals surface area contributed by atoms with E-state index < -0.39 is 0 Å². The fourth-order valence-corrected chi connectivity index (χ4v) is 5.89. The van der Waals surface area contributed by atoms with Crippen LogP contribution >= 0.6 is 69.1 Å². The van der Waals surface area contributed by atoms with Gasteiger partial charge in [0.2, 0.25) is 0 Å². The number of hydrogen-bond acceptors (Lipinski definition) is 6. The van der Waals surface area contributed by atoms with Crippen LogP contribution < -0.4 is 0 Å². The van der Waals surface area contributed by atoms with Gasteiger partial charge in [0.15, 0.2) is 10.0 Å². The van der Waals surface area contributed by atoms with Crippen molar-refractivity contribution in [3.63, 3.8) is 0 Å². The summed E-state index contributed by atoms with van der Waals surface area (Å²) >= 11 is 29.2. The highest BCUT2D eigenvalue weighted by molar-refractivity contribution is 7.15. The van der Waals surface area contributed by atoms with Gasteiger partial charge in [0.25, 0.3) is 0 Å². The van der Waals surface area contributed by atoms with Crippen LogP contribution in [0.3, 0.4) is 0 Å². The van der Waals surface area contributed by atoms with Gasteiger partial charge in [0.05, 0.1) is 31.2 Å². The molecular weight excluding hydrogens is 478 g/mol. The van der Waals surface area contributed by atoms with Crippen molar-refractivity contribution in [2.45, 2.75) is 52.4 Å². The first-order chi connectivity index (χ1) is 13.5. The second kappa shape index (κ2) is 10.0. The molecule has 0 saturated heterocycles. The zero-order valence-electron chi connectivity index (χ0n) is 15.4. The quantitative estimate of drug-likeness (QED) is 0.297. The Kier molecular flexibility index (Phi) is 7.93. The molecule has 2 aromatic heterocycles. The molecular formula is C18H18Cl4N4S2. The van der Waals surface area contributed by atoms with E-state index in [0.717, 1.165) is 48.5 Å². The highest BCUT2D eigenvalue weighted by atomic mass is 35.5. The summed E-state index contributed by atoms with van der Waals surface area (Å²) in [6.07, 6.45) is 6.01. The fraction of sp³-hybridized carbons (Fsp3) is 0.444. The van der Waals surface area contributed by atoms with Crippen molar-refractivity contribution in [3.05, 3.63) is 30.1 Å². The number of hydrogen-bond donors (Lipinski definition) is 0. The highest BCUT2D eigenvalue weighted by Gasteiger charge is 2.26. The molecule has 10 heteroatoms. The number of halogens is 4. The predicted octanol–water partition coefficient (Wildman–Crippen LogP) is 8.02. The first-order valence-corrected chi connectivity index (χ1v) is 12.1. The zero-order chi connectivity index (χ0) is 20.3. The van der Waals surface area contributed by atoms with E-state index in [1.165, 1.54) is 22.7 Å². The minimum Gasteiger partial charge on any atom is -0.143 e. The first kappa shape index (κ1) is 22.2. The minimum atomic E-state index is 0.301. The molecule has 0 atom stereocenters. The maximum Gasteiger partial charge on any atom is 0.150 e. The van der Waals surface area contributed by atoms with Crippen LogP contribution in [0.2, 0.25) is 20.1 Å². The van der Waals surface area contributed by atoms with Crippen LogP contribution in [0.25, 0.3) is 21.1 Å². The third-order valence-corrected chi connectivity index (χ3v) is 7.82. The Morgan fingerprint density at radius 1 is 0.607 bits per heavy atom. The molecule has 0 saturated carbocycles. The topological polar surface area (TPSA) is 51.6 Å². The normalized spacial score (nSPS) is 11.4. The Bertz CT molecular complexity index is 864. The molecule has 0 unspecified atom stereocenters. The molecule has 0 aliphatic heterocycles. The average molecular weight is 496 g/mol. The lowest BCUT2D eigenvalue weighted by atomic mass is 10.1. The Morgan fingerprint density at radius 3 is 1.29 bits per heavy atom. The summed E-state index contributed by atoms with van der Waals surface area (Å²) < 4.78 is 0. The summed E-state index contributed by atoms with van der Waals surface area (Å²) in [5.74, 6) is 0. The number of benzene rings is 1. The third kappa shape index (κ3) is 4.63. The number of rotatable bonds is 8. The van der Waals surface area contributed by atoms with Gasteiger partial charge in [-0.05, 0) is 12.8 Å². The first-order valence-electron chi connectivity index (χ1n) is 8.99. The van der Waals surface area contributed by atoms with E-state index in [2.05, 4.69) is 34.2 Å². The molecule has 2 heterocycles. The summed E-state index contributed by atoms with van der Waals surface area (Å²) in [6.45, 7) is 4.27. The van der Waals surface area contributed by atoms with Crippen molar-refractivity contribution in [2.75, 3.05) is 0 Å².